The van der Waals surface area contributed by atoms with Crippen LogP contribution in [0.25, 0.3) is 0 Å². The maximum atomic E-state index is 12.6. The van der Waals surface area contributed by atoms with Gasteiger partial charge in [0, 0.05) is 43.1 Å². The van der Waals surface area contributed by atoms with Crippen molar-refractivity contribution in [1.82, 2.24) is 10.2 Å². The molecule has 1 saturated heterocycles. The van der Waals surface area contributed by atoms with Gasteiger partial charge in [-0.15, -0.1) is 0 Å². The molecule has 1 aliphatic heterocycles. The first-order chi connectivity index (χ1) is 9.87. The van der Waals surface area contributed by atoms with E-state index in [1.54, 1.807) is 12.1 Å². The van der Waals surface area contributed by atoms with Crippen LogP contribution < -0.4 is 5.32 Å². The van der Waals surface area contributed by atoms with Crippen LogP contribution in [-0.2, 0) is 0 Å². The van der Waals surface area contributed by atoms with Crippen molar-refractivity contribution >= 4 is 15.9 Å². The average molecular weight is 367 g/mol. The fourth-order valence-electron chi connectivity index (χ4n) is 2.62. The summed E-state index contributed by atoms with van der Waals surface area (Å²) >= 11 is 3.38. The van der Waals surface area contributed by atoms with Gasteiger partial charge >= 0.3 is 6.18 Å². The molecule has 1 fully saturated rings. The molecule has 118 valence electrons. The highest BCUT2D eigenvalue weighted by atomic mass is 79.9. The molecular formula is C14H18BrF3N2O. The molecule has 0 bridgehead atoms. The molecule has 0 saturated carbocycles. The lowest BCUT2D eigenvalue weighted by Gasteiger charge is -2.36. The predicted molar refractivity (Wildman–Crippen MR) is 78.3 cm³/mol. The summed E-state index contributed by atoms with van der Waals surface area (Å²) in [6, 6.07) is 4.39. The molecule has 0 aliphatic carbocycles. The first-order valence-electron chi connectivity index (χ1n) is 6.87. The van der Waals surface area contributed by atoms with Crippen LogP contribution in [0.5, 0.6) is 5.75 Å². The van der Waals surface area contributed by atoms with Crippen molar-refractivity contribution < 1.29 is 18.3 Å². The summed E-state index contributed by atoms with van der Waals surface area (Å²) in [6.45, 7) is 2.92. The molecule has 1 aliphatic rings. The van der Waals surface area contributed by atoms with Crippen LogP contribution in [0, 0.1) is 0 Å². The van der Waals surface area contributed by atoms with E-state index in [2.05, 4.69) is 21.2 Å². The van der Waals surface area contributed by atoms with E-state index in [-0.39, 0.29) is 18.2 Å². The Morgan fingerprint density at radius 1 is 1.29 bits per heavy atom. The van der Waals surface area contributed by atoms with Crippen molar-refractivity contribution in [3.63, 3.8) is 0 Å². The standard InChI is InChI=1S/C14H18BrF3N2O/c15-12-2-1-10(21)9-11(12)13(3-4-14(16,17)18)20-7-5-19-6-8-20/h1-2,9,13,19,21H,3-8H2/t13-/m0/s1. The van der Waals surface area contributed by atoms with Crippen LogP contribution in [-0.4, -0.2) is 42.4 Å². The summed E-state index contributed by atoms with van der Waals surface area (Å²) in [5.41, 5.74) is 0.709. The zero-order valence-corrected chi connectivity index (χ0v) is 13.0. The fourth-order valence-corrected chi connectivity index (χ4v) is 3.13. The molecule has 0 unspecified atom stereocenters. The Kier molecular flexibility index (Phi) is 5.51. The highest BCUT2D eigenvalue weighted by Crippen LogP contribution is 2.36. The van der Waals surface area contributed by atoms with Crippen LogP contribution in [0.1, 0.15) is 24.4 Å². The summed E-state index contributed by atoms with van der Waals surface area (Å²) in [5.74, 6) is 0.0698. The molecule has 1 aromatic carbocycles. The molecule has 0 radical (unpaired) electrons. The van der Waals surface area contributed by atoms with Gasteiger partial charge in [-0.05, 0) is 30.2 Å². The predicted octanol–water partition coefficient (Wildman–Crippen LogP) is 3.44. The minimum Gasteiger partial charge on any atom is -0.508 e. The summed E-state index contributed by atoms with van der Waals surface area (Å²) in [7, 11) is 0. The van der Waals surface area contributed by atoms with Crippen molar-refractivity contribution in [1.29, 1.82) is 0 Å². The minimum atomic E-state index is -4.17. The summed E-state index contributed by atoms with van der Waals surface area (Å²) in [5, 5.41) is 12.8. The Hall–Kier alpha value is -0.790. The number of aromatic hydroxyl groups is 1. The molecule has 2 N–H and O–H groups in total. The Morgan fingerprint density at radius 3 is 2.57 bits per heavy atom. The van der Waals surface area contributed by atoms with Crippen molar-refractivity contribution in [2.75, 3.05) is 26.2 Å². The lowest BCUT2D eigenvalue weighted by atomic mass is 9.99. The smallest absolute Gasteiger partial charge is 0.389 e. The molecule has 3 nitrogen and oxygen atoms in total. The normalized spacial score (nSPS) is 18.7. The molecule has 21 heavy (non-hydrogen) atoms. The van der Waals surface area contributed by atoms with Gasteiger partial charge in [0.25, 0.3) is 0 Å². The molecule has 2 rings (SSSR count). The number of halogens is 4. The van der Waals surface area contributed by atoms with E-state index in [1.165, 1.54) is 6.07 Å². The highest BCUT2D eigenvalue weighted by Gasteiger charge is 2.32. The van der Waals surface area contributed by atoms with Crippen molar-refractivity contribution in [2.24, 2.45) is 0 Å². The SMILES string of the molecule is Oc1ccc(Br)c([C@H](CCC(F)(F)F)N2CCNCC2)c1. The third kappa shape index (κ3) is 4.86. The number of phenols is 1. The molecule has 0 aromatic heterocycles. The number of piperazine rings is 1. The fraction of sp³-hybridized carbons (Fsp3) is 0.571. The Morgan fingerprint density at radius 2 is 1.95 bits per heavy atom. The maximum Gasteiger partial charge on any atom is 0.389 e. The Balaban J connectivity index is 2.23. The zero-order chi connectivity index (χ0) is 15.5. The zero-order valence-electron chi connectivity index (χ0n) is 11.5. The van der Waals surface area contributed by atoms with Crippen molar-refractivity contribution in [3.05, 3.63) is 28.2 Å². The third-order valence-corrected chi connectivity index (χ3v) is 4.35. The van der Waals surface area contributed by atoms with Gasteiger partial charge in [0.15, 0.2) is 0 Å². The summed E-state index contributed by atoms with van der Waals surface area (Å²) in [6.07, 6.45) is -5.01. The monoisotopic (exact) mass is 366 g/mol. The van der Waals surface area contributed by atoms with Gasteiger partial charge in [-0.2, -0.15) is 13.2 Å². The molecule has 7 heteroatoms. The van der Waals surface area contributed by atoms with E-state index >= 15 is 0 Å². The van der Waals surface area contributed by atoms with Gasteiger partial charge in [-0.25, -0.2) is 0 Å². The number of alkyl halides is 3. The quantitative estimate of drug-likeness (QED) is 0.856. The lowest BCUT2D eigenvalue weighted by Crippen LogP contribution is -2.45. The number of nitrogens with zero attached hydrogens (tertiary/aromatic N) is 1. The van der Waals surface area contributed by atoms with E-state index in [1.807, 2.05) is 4.90 Å². The van der Waals surface area contributed by atoms with E-state index in [9.17, 15) is 18.3 Å². The average Bonchev–Trinajstić information content (AvgIpc) is 2.43. The van der Waals surface area contributed by atoms with Gasteiger partial charge in [0.1, 0.15) is 5.75 Å². The molecular weight excluding hydrogens is 349 g/mol. The second-order valence-electron chi connectivity index (χ2n) is 5.16. The minimum absolute atomic E-state index is 0.00838. The summed E-state index contributed by atoms with van der Waals surface area (Å²) < 4.78 is 38.5. The second kappa shape index (κ2) is 6.98. The summed E-state index contributed by atoms with van der Waals surface area (Å²) in [4.78, 5) is 2.04. The molecule has 0 amide bonds. The number of nitrogens with one attached hydrogen (secondary N) is 1. The van der Waals surface area contributed by atoms with E-state index < -0.39 is 12.6 Å². The second-order valence-corrected chi connectivity index (χ2v) is 6.02. The maximum absolute atomic E-state index is 12.6. The highest BCUT2D eigenvalue weighted by molar-refractivity contribution is 9.10. The first-order valence-corrected chi connectivity index (χ1v) is 7.66. The first kappa shape index (κ1) is 16.6. The lowest BCUT2D eigenvalue weighted by molar-refractivity contribution is -0.138. The number of hydrogen-bond acceptors (Lipinski definition) is 3. The van der Waals surface area contributed by atoms with Crippen LogP contribution in [0.2, 0.25) is 0 Å². The van der Waals surface area contributed by atoms with Crippen molar-refractivity contribution in [2.45, 2.75) is 25.1 Å². The Labute approximate surface area is 130 Å². The van der Waals surface area contributed by atoms with Gasteiger partial charge in [-0.1, -0.05) is 15.9 Å². The number of rotatable bonds is 4. The van der Waals surface area contributed by atoms with E-state index in [0.29, 0.717) is 18.7 Å². The number of hydrogen-bond donors (Lipinski definition) is 2. The molecule has 1 aromatic rings. The van der Waals surface area contributed by atoms with Gasteiger partial charge in [0.2, 0.25) is 0 Å². The third-order valence-electron chi connectivity index (χ3n) is 3.63. The van der Waals surface area contributed by atoms with Gasteiger partial charge in [-0.3, -0.25) is 4.90 Å². The molecule has 1 atom stereocenters. The molecule has 1 heterocycles. The van der Waals surface area contributed by atoms with Crippen LogP contribution in [0.15, 0.2) is 22.7 Å². The molecule has 0 spiro atoms. The van der Waals surface area contributed by atoms with E-state index in [4.69, 9.17) is 0 Å². The largest absolute Gasteiger partial charge is 0.508 e. The van der Waals surface area contributed by atoms with Gasteiger partial charge in [0.05, 0.1) is 0 Å². The van der Waals surface area contributed by atoms with Crippen LogP contribution in [0.3, 0.4) is 0 Å². The van der Waals surface area contributed by atoms with E-state index in [0.717, 1.165) is 17.6 Å². The number of benzene rings is 1. The topological polar surface area (TPSA) is 35.5 Å². The van der Waals surface area contributed by atoms with Crippen LogP contribution >= 0.6 is 15.9 Å². The van der Waals surface area contributed by atoms with Gasteiger partial charge < -0.3 is 10.4 Å². The van der Waals surface area contributed by atoms with Crippen molar-refractivity contribution in [3.8, 4) is 5.75 Å². The van der Waals surface area contributed by atoms with Crippen LogP contribution in [0.4, 0.5) is 13.2 Å². The number of phenolic OH excluding ortho intramolecular Hbond substituents is 1. The Bertz CT molecular complexity index is 476.